The zero-order valence-corrected chi connectivity index (χ0v) is 23.0. The van der Waals surface area contributed by atoms with Crippen LogP contribution in [-0.4, -0.2) is 64.2 Å². The van der Waals surface area contributed by atoms with Crippen molar-refractivity contribution < 1.29 is 27.5 Å². The zero-order chi connectivity index (χ0) is 27.0. The van der Waals surface area contributed by atoms with Crippen molar-refractivity contribution in [2.45, 2.75) is 45.8 Å². The molecule has 0 saturated carbocycles. The van der Waals surface area contributed by atoms with E-state index in [9.17, 15) is 18.0 Å². The van der Waals surface area contributed by atoms with Crippen LogP contribution in [0.25, 0.3) is 0 Å². The first-order valence-corrected chi connectivity index (χ1v) is 13.7. The number of nitrogens with zero attached hydrogens (tertiary/aromatic N) is 2. The van der Waals surface area contributed by atoms with Gasteiger partial charge in [-0.15, -0.1) is 0 Å². The van der Waals surface area contributed by atoms with E-state index in [0.717, 1.165) is 17.0 Å². The van der Waals surface area contributed by atoms with Crippen molar-refractivity contribution in [3.8, 4) is 11.5 Å². The second-order valence-corrected chi connectivity index (χ2v) is 10.8. The van der Waals surface area contributed by atoms with E-state index in [-0.39, 0.29) is 24.2 Å². The van der Waals surface area contributed by atoms with Crippen LogP contribution in [0.5, 0.6) is 11.5 Å². The fraction of sp³-hybridized carbons (Fsp3) is 0.440. The third-order valence-electron chi connectivity index (χ3n) is 5.74. The quantitative estimate of drug-likeness (QED) is 0.443. The van der Waals surface area contributed by atoms with Gasteiger partial charge in [-0.3, -0.25) is 13.9 Å². The predicted octanol–water partition coefficient (Wildman–Crippen LogP) is 3.46. The van der Waals surface area contributed by atoms with Gasteiger partial charge in [0.2, 0.25) is 21.8 Å². The molecule has 0 fully saturated rings. The average Bonchev–Trinajstić information content (AvgIpc) is 2.83. The summed E-state index contributed by atoms with van der Waals surface area (Å²) < 4.78 is 36.9. The van der Waals surface area contributed by atoms with Crippen LogP contribution in [0.15, 0.2) is 42.5 Å². The van der Waals surface area contributed by atoms with E-state index in [1.807, 2.05) is 13.8 Å². The Morgan fingerprint density at radius 3 is 2.28 bits per heavy atom. The fourth-order valence-electron chi connectivity index (χ4n) is 3.47. The van der Waals surface area contributed by atoms with E-state index >= 15 is 0 Å². The van der Waals surface area contributed by atoms with Crippen LogP contribution in [-0.2, 0) is 26.2 Å². The van der Waals surface area contributed by atoms with Crippen LogP contribution < -0.4 is 19.1 Å². The average molecular weight is 540 g/mol. The number of nitrogens with one attached hydrogen (secondary N) is 1. The first kappa shape index (κ1) is 29.3. The number of anilines is 1. The Hall–Kier alpha value is -2.98. The zero-order valence-electron chi connectivity index (χ0n) is 21.4. The molecule has 2 aromatic rings. The molecule has 36 heavy (non-hydrogen) atoms. The minimum absolute atomic E-state index is 0.0675. The van der Waals surface area contributed by atoms with Gasteiger partial charge in [0, 0.05) is 23.7 Å². The van der Waals surface area contributed by atoms with Crippen molar-refractivity contribution in [2.75, 3.05) is 31.3 Å². The SMILES string of the molecule is CC[C@@H](C)NC(=O)[C@@H](C)N(Cc1cccc(Cl)c1)C(=O)CN(c1ccc(OC)c(OC)c1)S(C)(=O)=O. The van der Waals surface area contributed by atoms with Crippen LogP contribution >= 0.6 is 11.6 Å². The van der Waals surface area contributed by atoms with Crippen LogP contribution in [0.3, 0.4) is 0 Å². The molecule has 2 amide bonds. The van der Waals surface area contributed by atoms with E-state index in [0.29, 0.717) is 22.1 Å². The third kappa shape index (κ3) is 7.76. The lowest BCUT2D eigenvalue weighted by atomic mass is 10.1. The molecule has 0 heterocycles. The molecule has 11 heteroatoms. The van der Waals surface area contributed by atoms with Crippen molar-refractivity contribution in [2.24, 2.45) is 0 Å². The van der Waals surface area contributed by atoms with E-state index in [2.05, 4.69) is 5.32 Å². The van der Waals surface area contributed by atoms with E-state index in [1.165, 1.54) is 31.3 Å². The molecule has 0 radical (unpaired) electrons. The number of hydrogen-bond acceptors (Lipinski definition) is 6. The Morgan fingerprint density at radius 2 is 1.72 bits per heavy atom. The molecule has 9 nitrogen and oxygen atoms in total. The van der Waals surface area contributed by atoms with Crippen LogP contribution in [0.4, 0.5) is 5.69 Å². The molecule has 0 aliphatic heterocycles. The maximum atomic E-state index is 13.6. The highest BCUT2D eigenvalue weighted by Crippen LogP contribution is 2.32. The maximum Gasteiger partial charge on any atom is 0.244 e. The van der Waals surface area contributed by atoms with Gasteiger partial charge < -0.3 is 19.7 Å². The summed E-state index contributed by atoms with van der Waals surface area (Å²) in [6.07, 6.45) is 1.74. The smallest absolute Gasteiger partial charge is 0.244 e. The Bertz CT molecular complexity index is 1170. The van der Waals surface area contributed by atoms with Gasteiger partial charge in [0.1, 0.15) is 12.6 Å². The topological polar surface area (TPSA) is 105 Å². The largest absolute Gasteiger partial charge is 0.493 e. The maximum absolute atomic E-state index is 13.6. The first-order chi connectivity index (χ1) is 16.9. The number of amides is 2. The number of benzene rings is 2. The van der Waals surface area contributed by atoms with E-state index in [4.69, 9.17) is 21.1 Å². The van der Waals surface area contributed by atoms with Crippen molar-refractivity contribution in [1.29, 1.82) is 0 Å². The highest BCUT2D eigenvalue weighted by atomic mass is 35.5. The lowest BCUT2D eigenvalue weighted by Gasteiger charge is -2.32. The molecule has 198 valence electrons. The molecule has 2 rings (SSSR count). The number of carbonyl (C=O) groups is 2. The number of methoxy groups -OCH3 is 2. The summed E-state index contributed by atoms with van der Waals surface area (Å²) in [4.78, 5) is 27.9. The number of rotatable bonds is 12. The molecule has 0 aliphatic rings. The standard InChI is InChI=1S/C25H34ClN3O6S/c1-7-17(2)27-25(31)18(3)28(15-19-9-8-10-20(26)13-19)24(30)16-29(36(6,32)33)21-11-12-22(34-4)23(14-21)35-5/h8-14,17-18H,7,15-16H2,1-6H3,(H,27,31)/t17-,18-/m1/s1. The Balaban J connectivity index is 2.44. The van der Waals surface area contributed by atoms with Gasteiger partial charge in [-0.1, -0.05) is 30.7 Å². The van der Waals surface area contributed by atoms with Gasteiger partial charge in [0.15, 0.2) is 11.5 Å². The van der Waals surface area contributed by atoms with Gasteiger partial charge in [-0.2, -0.15) is 0 Å². The summed E-state index contributed by atoms with van der Waals surface area (Å²) in [7, 11) is -0.972. The second-order valence-electron chi connectivity index (χ2n) is 8.45. The molecular formula is C25H34ClN3O6S. The van der Waals surface area contributed by atoms with Gasteiger partial charge in [0.25, 0.3) is 0 Å². The molecule has 1 N–H and O–H groups in total. The lowest BCUT2D eigenvalue weighted by molar-refractivity contribution is -0.139. The number of ether oxygens (including phenoxy) is 2. The van der Waals surface area contributed by atoms with E-state index in [1.54, 1.807) is 37.3 Å². The Morgan fingerprint density at radius 1 is 1.06 bits per heavy atom. The molecule has 0 aliphatic carbocycles. The summed E-state index contributed by atoms with van der Waals surface area (Å²) in [6.45, 7) is 4.98. The van der Waals surface area contributed by atoms with Gasteiger partial charge in [-0.05, 0) is 50.1 Å². The molecule has 0 spiro atoms. The molecule has 2 atom stereocenters. The Kier molecular flexibility index (Phi) is 10.4. The molecule has 0 saturated heterocycles. The highest BCUT2D eigenvalue weighted by molar-refractivity contribution is 7.92. The summed E-state index contributed by atoms with van der Waals surface area (Å²) in [5, 5.41) is 3.37. The van der Waals surface area contributed by atoms with Crippen LogP contribution in [0, 0.1) is 0 Å². The van der Waals surface area contributed by atoms with Crippen LogP contribution in [0.2, 0.25) is 5.02 Å². The third-order valence-corrected chi connectivity index (χ3v) is 7.12. The van der Waals surface area contributed by atoms with Crippen molar-refractivity contribution in [1.82, 2.24) is 10.2 Å². The second kappa shape index (κ2) is 12.8. The number of carbonyl (C=O) groups excluding carboxylic acids is 2. The number of sulfonamides is 1. The first-order valence-electron chi connectivity index (χ1n) is 11.4. The van der Waals surface area contributed by atoms with Crippen molar-refractivity contribution >= 4 is 39.1 Å². The van der Waals surface area contributed by atoms with Gasteiger partial charge in [0.05, 0.1) is 26.2 Å². The molecule has 2 aromatic carbocycles. The molecule has 0 bridgehead atoms. The number of halogens is 1. The fourth-order valence-corrected chi connectivity index (χ4v) is 4.53. The van der Waals surface area contributed by atoms with Crippen molar-refractivity contribution in [3.05, 3.63) is 53.1 Å². The molecule has 0 aromatic heterocycles. The van der Waals surface area contributed by atoms with Gasteiger partial charge in [-0.25, -0.2) is 8.42 Å². The summed E-state index contributed by atoms with van der Waals surface area (Å²) in [5.74, 6) is -0.161. The monoisotopic (exact) mass is 539 g/mol. The summed E-state index contributed by atoms with van der Waals surface area (Å²) >= 11 is 6.12. The summed E-state index contributed by atoms with van der Waals surface area (Å²) in [6, 6.07) is 10.6. The minimum Gasteiger partial charge on any atom is -0.493 e. The van der Waals surface area contributed by atoms with Gasteiger partial charge >= 0.3 is 0 Å². The highest BCUT2D eigenvalue weighted by Gasteiger charge is 2.30. The van der Waals surface area contributed by atoms with Crippen molar-refractivity contribution in [3.63, 3.8) is 0 Å². The normalized spacial score (nSPS) is 12.9. The van der Waals surface area contributed by atoms with Crippen LogP contribution in [0.1, 0.15) is 32.8 Å². The van der Waals surface area contributed by atoms with E-state index < -0.39 is 28.5 Å². The predicted molar refractivity (Wildman–Crippen MR) is 141 cm³/mol. The number of hydrogen-bond donors (Lipinski definition) is 1. The molecular weight excluding hydrogens is 506 g/mol. The summed E-state index contributed by atoms with van der Waals surface area (Å²) in [5.41, 5.74) is 0.930. The Labute approximate surface area is 218 Å². The molecule has 0 unspecified atom stereocenters. The lowest BCUT2D eigenvalue weighted by Crippen LogP contribution is -2.52. The minimum atomic E-state index is -3.87.